The van der Waals surface area contributed by atoms with Gasteiger partial charge in [0.05, 0.1) is 13.2 Å². The summed E-state index contributed by atoms with van der Waals surface area (Å²) >= 11 is 0. The van der Waals surface area contributed by atoms with Crippen LogP contribution in [0.2, 0.25) is 0 Å². The molecule has 0 saturated carbocycles. The number of morpholine rings is 1. The quantitative estimate of drug-likeness (QED) is 0.336. The molecule has 0 spiro atoms. The molecule has 0 aromatic heterocycles. The first-order valence-corrected chi connectivity index (χ1v) is 9.15. The lowest BCUT2D eigenvalue weighted by Gasteiger charge is -2.41. The molecule has 1 heterocycles. The lowest BCUT2D eigenvalue weighted by Crippen LogP contribution is -2.57. The van der Waals surface area contributed by atoms with E-state index in [0.717, 1.165) is 44.7 Å². The van der Waals surface area contributed by atoms with Gasteiger partial charge in [-0.3, -0.25) is 9.89 Å². The van der Waals surface area contributed by atoms with Crippen LogP contribution in [0.5, 0.6) is 0 Å². The van der Waals surface area contributed by atoms with Gasteiger partial charge in [-0.05, 0) is 33.1 Å². The highest BCUT2D eigenvalue weighted by Crippen LogP contribution is 2.15. The second-order valence-corrected chi connectivity index (χ2v) is 7.71. The van der Waals surface area contributed by atoms with Gasteiger partial charge in [0.25, 0.3) is 0 Å². The highest BCUT2D eigenvalue weighted by atomic mass is 127. The van der Waals surface area contributed by atoms with Crippen LogP contribution in [0, 0.1) is 5.92 Å². The van der Waals surface area contributed by atoms with E-state index in [0.29, 0.717) is 6.04 Å². The maximum atomic E-state index is 5.45. The lowest BCUT2D eigenvalue weighted by molar-refractivity contribution is -0.00834. The van der Waals surface area contributed by atoms with Gasteiger partial charge >= 0.3 is 0 Å². The summed E-state index contributed by atoms with van der Waals surface area (Å²) in [5, 5.41) is 7.01. The highest BCUT2D eigenvalue weighted by Gasteiger charge is 2.28. The zero-order valence-electron chi connectivity index (χ0n) is 16.5. The number of halogens is 1. The Hall–Kier alpha value is -0.0800. The molecule has 0 aliphatic carbocycles. The molecule has 1 aliphatic rings. The molecular formula is C18H39IN4O. The molecular weight excluding hydrogens is 415 g/mol. The summed E-state index contributed by atoms with van der Waals surface area (Å²) < 4.78 is 5.45. The molecule has 1 rings (SSSR count). The van der Waals surface area contributed by atoms with Crippen molar-refractivity contribution < 1.29 is 4.74 Å². The molecule has 0 aromatic rings. The fourth-order valence-electron chi connectivity index (χ4n) is 2.91. The van der Waals surface area contributed by atoms with E-state index in [-0.39, 0.29) is 29.5 Å². The van der Waals surface area contributed by atoms with Gasteiger partial charge in [0.15, 0.2) is 5.96 Å². The Balaban J connectivity index is 0.00000529. The fourth-order valence-corrected chi connectivity index (χ4v) is 2.91. The van der Waals surface area contributed by atoms with Crippen molar-refractivity contribution in [3.63, 3.8) is 0 Å². The molecule has 6 heteroatoms. The van der Waals surface area contributed by atoms with Gasteiger partial charge in [0, 0.05) is 38.3 Å². The van der Waals surface area contributed by atoms with Crippen molar-refractivity contribution >= 4 is 29.9 Å². The predicted octanol–water partition coefficient (Wildman–Crippen LogP) is 3.10. The second kappa shape index (κ2) is 12.3. The Morgan fingerprint density at radius 3 is 2.33 bits per heavy atom. The molecule has 0 aromatic carbocycles. The maximum Gasteiger partial charge on any atom is 0.191 e. The maximum absolute atomic E-state index is 5.45. The summed E-state index contributed by atoms with van der Waals surface area (Å²) in [4.78, 5) is 6.86. The predicted molar refractivity (Wildman–Crippen MR) is 115 cm³/mol. The van der Waals surface area contributed by atoms with E-state index in [4.69, 9.17) is 4.74 Å². The number of nitrogens with zero attached hydrogens (tertiary/aromatic N) is 2. The molecule has 1 aliphatic heterocycles. The van der Waals surface area contributed by atoms with Crippen LogP contribution in [0.25, 0.3) is 0 Å². The van der Waals surface area contributed by atoms with Crippen molar-refractivity contribution in [1.82, 2.24) is 15.5 Å². The summed E-state index contributed by atoms with van der Waals surface area (Å²) in [6, 6.07) is 0.450. The summed E-state index contributed by atoms with van der Waals surface area (Å²) in [7, 11) is 1.85. The summed E-state index contributed by atoms with van der Waals surface area (Å²) in [5.74, 6) is 1.69. The number of rotatable bonds is 8. The van der Waals surface area contributed by atoms with Gasteiger partial charge in [-0.1, -0.05) is 26.7 Å². The van der Waals surface area contributed by atoms with Crippen LogP contribution in [0.15, 0.2) is 4.99 Å². The first kappa shape index (κ1) is 23.9. The minimum Gasteiger partial charge on any atom is -0.379 e. The molecule has 2 N–H and O–H groups in total. The number of aliphatic imine (C=N–C) groups is 1. The second-order valence-electron chi connectivity index (χ2n) is 7.71. The van der Waals surface area contributed by atoms with Gasteiger partial charge in [0.1, 0.15) is 0 Å². The monoisotopic (exact) mass is 454 g/mol. The Labute approximate surface area is 166 Å². The Kier molecular flexibility index (Phi) is 12.3. The zero-order chi connectivity index (χ0) is 17.3. The van der Waals surface area contributed by atoms with Crippen LogP contribution in [-0.4, -0.2) is 62.3 Å². The van der Waals surface area contributed by atoms with Crippen LogP contribution in [0.1, 0.15) is 53.9 Å². The average molecular weight is 454 g/mol. The molecule has 1 fully saturated rings. The third kappa shape index (κ3) is 9.42. The van der Waals surface area contributed by atoms with Gasteiger partial charge < -0.3 is 15.4 Å². The minimum absolute atomic E-state index is 0. The van der Waals surface area contributed by atoms with Gasteiger partial charge in [0.2, 0.25) is 0 Å². The Morgan fingerprint density at radius 1 is 1.17 bits per heavy atom. The molecule has 24 heavy (non-hydrogen) atoms. The SMILES string of the molecule is CN=C(NCC(C)(C)N1CCOCC1)NC(C)CCCC(C)C.I. The van der Waals surface area contributed by atoms with E-state index in [1.165, 1.54) is 19.3 Å². The van der Waals surface area contributed by atoms with Crippen molar-refractivity contribution in [1.29, 1.82) is 0 Å². The smallest absolute Gasteiger partial charge is 0.191 e. The topological polar surface area (TPSA) is 48.9 Å². The van der Waals surface area contributed by atoms with Crippen molar-refractivity contribution in [2.75, 3.05) is 39.9 Å². The van der Waals surface area contributed by atoms with E-state index < -0.39 is 0 Å². The molecule has 144 valence electrons. The lowest BCUT2D eigenvalue weighted by atomic mass is 10.0. The summed E-state index contributed by atoms with van der Waals surface area (Å²) in [6.07, 6.45) is 3.75. The first-order valence-electron chi connectivity index (χ1n) is 9.15. The van der Waals surface area contributed by atoms with Crippen molar-refractivity contribution in [3.05, 3.63) is 0 Å². The molecule has 0 amide bonds. The van der Waals surface area contributed by atoms with Crippen molar-refractivity contribution in [3.8, 4) is 0 Å². The number of ether oxygens (including phenoxy) is 1. The van der Waals surface area contributed by atoms with E-state index in [2.05, 4.69) is 55.1 Å². The first-order chi connectivity index (χ1) is 10.8. The van der Waals surface area contributed by atoms with Crippen molar-refractivity contribution in [2.45, 2.75) is 65.5 Å². The van der Waals surface area contributed by atoms with Crippen LogP contribution in [0.4, 0.5) is 0 Å². The number of guanidine groups is 1. The zero-order valence-corrected chi connectivity index (χ0v) is 18.9. The standard InChI is InChI=1S/C18H38N4O.HI/c1-15(2)8-7-9-16(3)21-17(19-6)20-14-18(4,5)22-10-12-23-13-11-22;/h15-16H,7-14H2,1-6H3,(H2,19,20,21);1H. The van der Waals surface area contributed by atoms with E-state index in [9.17, 15) is 0 Å². The summed E-state index contributed by atoms with van der Waals surface area (Å²) in [6.45, 7) is 15.9. The van der Waals surface area contributed by atoms with Crippen LogP contribution in [0.3, 0.4) is 0 Å². The molecule has 0 bridgehead atoms. The van der Waals surface area contributed by atoms with Gasteiger partial charge in [-0.25, -0.2) is 0 Å². The number of nitrogens with one attached hydrogen (secondary N) is 2. The largest absolute Gasteiger partial charge is 0.379 e. The average Bonchev–Trinajstić information content (AvgIpc) is 2.52. The number of hydrogen-bond acceptors (Lipinski definition) is 3. The highest BCUT2D eigenvalue weighted by molar-refractivity contribution is 14.0. The molecule has 0 radical (unpaired) electrons. The summed E-state index contributed by atoms with van der Waals surface area (Å²) in [5.41, 5.74) is 0.0995. The van der Waals surface area contributed by atoms with E-state index in [1.54, 1.807) is 0 Å². The van der Waals surface area contributed by atoms with Crippen LogP contribution >= 0.6 is 24.0 Å². The Morgan fingerprint density at radius 2 is 1.79 bits per heavy atom. The normalized spacial score (nSPS) is 18.2. The van der Waals surface area contributed by atoms with Gasteiger partial charge in [-0.15, -0.1) is 24.0 Å². The molecule has 5 nitrogen and oxygen atoms in total. The fraction of sp³-hybridized carbons (Fsp3) is 0.944. The van der Waals surface area contributed by atoms with E-state index in [1.807, 2.05) is 7.05 Å². The van der Waals surface area contributed by atoms with Crippen LogP contribution in [-0.2, 0) is 4.74 Å². The van der Waals surface area contributed by atoms with Crippen LogP contribution < -0.4 is 10.6 Å². The van der Waals surface area contributed by atoms with Gasteiger partial charge in [-0.2, -0.15) is 0 Å². The molecule has 1 atom stereocenters. The molecule has 1 unspecified atom stereocenters. The number of hydrogen-bond donors (Lipinski definition) is 2. The third-order valence-electron chi connectivity index (χ3n) is 4.58. The third-order valence-corrected chi connectivity index (χ3v) is 4.58. The molecule has 1 saturated heterocycles. The van der Waals surface area contributed by atoms with E-state index >= 15 is 0 Å². The Bertz CT molecular complexity index is 355. The van der Waals surface area contributed by atoms with Crippen molar-refractivity contribution in [2.24, 2.45) is 10.9 Å². The minimum atomic E-state index is 0.